The summed E-state index contributed by atoms with van der Waals surface area (Å²) in [5.74, 6) is 5.50. The highest BCUT2D eigenvalue weighted by Gasteiger charge is 2.13. The minimum Gasteiger partial charge on any atom is -0.334 e. The average Bonchev–Trinajstić information content (AvgIpc) is 3.12. The number of hydrazone groups is 1. The van der Waals surface area contributed by atoms with Gasteiger partial charge < -0.3 is 11.2 Å². The van der Waals surface area contributed by atoms with Gasteiger partial charge >= 0.3 is 0 Å². The predicted octanol–water partition coefficient (Wildman–Crippen LogP) is 1.99. The summed E-state index contributed by atoms with van der Waals surface area (Å²) in [5, 5.41) is 35.9. The van der Waals surface area contributed by atoms with Crippen molar-refractivity contribution in [2.45, 2.75) is 5.16 Å². The largest absolute Gasteiger partial charge is 0.334 e. The van der Waals surface area contributed by atoms with Crippen molar-refractivity contribution in [1.29, 1.82) is 0 Å². The van der Waals surface area contributed by atoms with Crippen LogP contribution in [0.5, 0.6) is 0 Å². The van der Waals surface area contributed by atoms with E-state index < -0.39 is 15.8 Å². The Morgan fingerprint density at radius 2 is 1.84 bits per heavy atom. The molecule has 2 aromatic carbocycles. The summed E-state index contributed by atoms with van der Waals surface area (Å²) in [4.78, 5) is 32.5. The molecular weight excluding hydrogens is 442 g/mol. The lowest BCUT2D eigenvalue weighted by molar-refractivity contribution is -0.385. The number of hydrogen-bond donors (Lipinski definition) is 3. The molecule has 3 rings (SSSR count). The number of carbonyl (C=O) groups excluding carboxylic acids is 1. The lowest BCUT2D eigenvalue weighted by atomic mass is 10.2. The molecule has 0 unspecified atom stereocenters. The van der Waals surface area contributed by atoms with Crippen LogP contribution in [-0.2, 0) is 4.79 Å². The van der Waals surface area contributed by atoms with E-state index in [0.29, 0.717) is 11.3 Å². The third kappa shape index (κ3) is 5.76. The number of nitro benzene ring substituents is 2. The molecule has 15 heteroatoms. The molecule has 0 atom stereocenters. The molecule has 0 saturated heterocycles. The second kappa shape index (κ2) is 9.98. The molecule has 0 radical (unpaired) electrons. The van der Waals surface area contributed by atoms with Gasteiger partial charge in [-0.1, -0.05) is 17.8 Å². The maximum Gasteiger partial charge on any atom is 0.271 e. The molecule has 14 nitrogen and oxygen atoms in total. The van der Waals surface area contributed by atoms with Crippen LogP contribution in [0.4, 0.5) is 23.0 Å². The summed E-state index contributed by atoms with van der Waals surface area (Å²) >= 11 is 1.00. The van der Waals surface area contributed by atoms with E-state index in [-0.39, 0.29) is 28.2 Å². The third-order valence-electron chi connectivity index (χ3n) is 3.82. The van der Waals surface area contributed by atoms with Crippen LogP contribution in [0.1, 0.15) is 5.56 Å². The van der Waals surface area contributed by atoms with E-state index >= 15 is 0 Å². The number of carbonyl (C=O) groups is 1. The molecule has 1 heterocycles. The minimum atomic E-state index is -0.556. The molecule has 0 bridgehead atoms. The SMILES string of the molecule is Nn1c(N/N=C/c2ccc([N+](=O)[O-])cc2)nnc1SCC(=O)Nc1cccc([N+](=O)[O-])c1. The highest BCUT2D eigenvalue weighted by atomic mass is 32.2. The number of amides is 1. The Balaban J connectivity index is 1.53. The van der Waals surface area contributed by atoms with Crippen molar-refractivity contribution in [3.8, 4) is 0 Å². The fourth-order valence-electron chi connectivity index (χ4n) is 2.32. The average molecular weight is 457 g/mol. The number of hydrogen-bond acceptors (Lipinski definition) is 11. The van der Waals surface area contributed by atoms with Crippen molar-refractivity contribution >= 4 is 46.9 Å². The second-order valence-electron chi connectivity index (χ2n) is 6.04. The summed E-state index contributed by atoms with van der Waals surface area (Å²) in [6.45, 7) is 0. The Bertz CT molecular complexity index is 1180. The first-order valence-electron chi connectivity index (χ1n) is 8.74. The molecule has 0 saturated carbocycles. The Morgan fingerprint density at radius 1 is 1.12 bits per heavy atom. The predicted molar refractivity (Wildman–Crippen MR) is 117 cm³/mol. The maximum atomic E-state index is 12.1. The van der Waals surface area contributed by atoms with Crippen LogP contribution in [-0.4, -0.2) is 42.6 Å². The summed E-state index contributed by atoms with van der Waals surface area (Å²) in [5.41, 5.74) is 3.32. The number of nitro groups is 2. The number of anilines is 2. The smallest absolute Gasteiger partial charge is 0.271 e. The number of nitrogens with one attached hydrogen (secondary N) is 2. The highest BCUT2D eigenvalue weighted by molar-refractivity contribution is 7.99. The number of aromatic nitrogens is 3. The van der Waals surface area contributed by atoms with Crippen LogP contribution < -0.4 is 16.6 Å². The van der Waals surface area contributed by atoms with Gasteiger partial charge in [0, 0.05) is 30.0 Å². The Morgan fingerprint density at radius 3 is 2.53 bits per heavy atom. The lowest BCUT2D eigenvalue weighted by Crippen LogP contribution is -2.17. The van der Waals surface area contributed by atoms with Crippen LogP contribution in [0.25, 0.3) is 0 Å². The van der Waals surface area contributed by atoms with Gasteiger partial charge in [0.1, 0.15) is 0 Å². The second-order valence-corrected chi connectivity index (χ2v) is 6.98. The van der Waals surface area contributed by atoms with Crippen molar-refractivity contribution in [2.24, 2.45) is 5.10 Å². The van der Waals surface area contributed by atoms with Crippen molar-refractivity contribution in [3.63, 3.8) is 0 Å². The van der Waals surface area contributed by atoms with Gasteiger partial charge in [-0.3, -0.25) is 25.0 Å². The first kappa shape index (κ1) is 22.2. The van der Waals surface area contributed by atoms with E-state index in [1.807, 2.05) is 0 Å². The molecule has 3 aromatic rings. The topological polar surface area (TPSA) is 196 Å². The van der Waals surface area contributed by atoms with Crippen LogP contribution in [0, 0.1) is 20.2 Å². The molecule has 0 aliphatic carbocycles. The monoisotopic (exact) mass is 457 g/mol. The first-order valence-corrected chi connectivity index (χ1v) is 9.73. The summed E-state index contributed by atoms with van der Waals surface area (Å²) in [7, 11) is 0. The fourth-order valence-corrected chi connectivity index (χ4v) is 2.98. The third-order valence-corrected chi connectivity index (χ3v) is 4.76. The van der Waals surface area contributed by atoms with Gasteiger partial charge in [-0.25, -0.2) is 10.1 Å². The van der Waals surface area contributed by atoms with E-state index in [1.54, 1.807) is 0 Å². The fraction of sp³-hybridized carbons (Fsp3) is 0.0588. The molecular formula is C17H15N9O5S. The Kier molecular flexibility index (Phi) is 6.92. The quantitative estimate of drug-likeness (QED) is 0.140. The summed E-state index contributed by atoms with van der Waals surface area (Å²) in [6.07, 6.45) is 1.41. The Hall–Kier alpha value is -4.53. The maximum absolute atomic E-state index is 12.1. The van der Waals surface area contributed by atoms with Crippen LogP contribution in [0.3, 0.4) is 0 Å². The van der Waals surface area contributed by atoms with Gasteiger partial charge in [-0.15, -0.1) is 10.2 Å². The standard InChI is InChI=1S/C17H15N9O5S/c18-24-16(21-19-9-11-4-6-13(7-5-11)25(28)29)22-23-17(24)32-10-15(27)20-12-2-1-3-14(8-12)26(30)31/h1-9H,10,18H2,(H,20,27)(H,21,22)/b19-9+. The van der Waals surface area contributed by atoms with Gasteiger partial charge in [-0.05, 0) is 23.8 Å². The van der Waals surface area contributed by atoms with Crippen LogP contribution in [0.2, 0.25) is 0 Å². The Labute approximate surface area is 183 Å². The van der Waals surface area contributed by atoms with E-state index in [2.05, 4.69) is 26.0 Å². The lowest BCUT2D eigenvalue weighted by Gasteiger charge is -2.05. The van der Waals surface area contributed by atoms with Gasteiger partial charge in [-0.2, -0.15) is 5.10 Å². The molecule has 32 heavy (non-hydrogen) atoms. The van der Waals surface area contributed by atoms with E-state index in [4.69, 9.17) is 5.84 Å². The number of nitrogen functional groups attached to an aromatic ring is 1. The van der Waals surface area contributed by atoms with E-state index in [9.17, 15) is 25.0 Å². The zero-order chi connectivity index (χ0) is 23.1. The van der Waals surface area contributed by atoms with E-state index in [1.165, 1.54) is 54.7 Å². The molecule has 0 aliphatic rings. The molecule has 1 amide bonds. The van der Waals surface area contributed by atoms with Gasteiger partial charge in [0.15, 0.2) is 0 Å². The van der Waals surface area contributed by atoms with E-state index in [0.717, 1.165) is 16.4 Å². The number of nitrogens with zero attached hydrogens (tertiary/aromatic N) is 6. The highest BCUT2D eigenvalue weighted by Crippen LogP contribution is 2.19. The summed E-state index contributed by atoms with van der Waals surface area (Å²) < 4.78 is 1.10. The number of thioether (sulfide) groups is 1. The summed E-state index contributed by atoms with van der Waals surface area (Å²) in [6, 6.07) is 11.3. The number of benzene rings is 2. The van der Waals surface area contributed by atoms with Crippen molar-refractivity contribution in [3.05, 3.63) is 74.3 Å². The molecule has 4 N–H and O–H groups in total. The van der Waals surface area contributed by atoms with Gasteiger partial charge in [0.25, 0.3) is 17.3 Å². The van der Waals surface area contributed by atoms with Crippen molar-refractivity contribution in [1.82, 2.24) is 14.9 Å². The van der Waals surface area contributed by atoms with Crippen molar-refractivity contribution < 1.29 is 14.6 Å². The molecule has 164 valence electrons. The normalized spacial score (nSPS) is 10.8. The van der Waals surface area contributed by atoms with Crippen LogP contribution in [0.15, 0.2) is 58.8 Å². The zero-order valence-corrected chi connectivity index (χ0v) is 16.9. The van der Waals surface area contributed by atoms with Gasteiger partial charge in [0.05, 0.1) is 21.8 Å². The number of nitrogens with two attached hydrogens (primary N) is 1. The van der Waals surface area contributed by atoms with Crippen molar-refractivity contribution in [2.75, 3.05) is 22.3 Å². The minimum absolute atomic E-state index is 0.0343. The number of non-ortho nitro benzene ring substituents is 2. The molecule has 0 spiro atoms. The molecule has 0 aliphatic heterocycles. The van der Waals surface area contributed by atoms with Gasteiger partial charge in [0.2, 0.25) is 11.1 Å². The number of rotatable bonds is 9. The molecule has 0 fully saturated rings. The first-order chi connectivity index (χ1) is 15.3. The molecule has 1 aromatic heterocycles. The zero-order valence-electron chi connectivity index (χ0n) is 16.1. The van der Waals surface area contributed by atoms with Crippen LogP contribution >= 0.6 is 11.8 Å².